The quantitative estimate of drug-likeness (QED) is 0.395. The van der Waals surface area contributed by atoms with E-state index in [0.29, 0.717) is 16.9 Å². The number of ketones is 2. The van der Waals surface area contributed by atoms with Crippen molar-refractivity contribution >= 4 is 34.6 Å². The number of carbonyl (C=O) groups is 3. The smallest absolute Gasteiger partial charge is 0.340 e. The number of carbonyl (C=O) groups excluding carboxylic acids is 3. The molecule has 3 aromatic rings. The van der Waals surface area contributed by atoms with E-state index in [1.54, 1.807) is 18.2 Å². The Morgan fingerprint density at radius 3 is 2.17 bits per heavy atom. The maximum Gasteiger partial charge on any atom is 0.340 e. The van der Waals surface area contributed by atoms with Gasteiger partial charge in [0.25, 0.3) is 0 Å². The molecule has 0 fully saturated rings. The summed E-state index contributed by atoms with van der Waals surface area (Å²) in [5.74, 6) is -1.40. The molecule has 0 aromatic heterocycles. The van der Waals surface area contributed by atoms with Gasteiger partial charge < -0.3 is 15.8 Å². The number of fused-ring (bicyclic) bond motifs is 2. The summed E-state index contributed by atoms with van der Waals surface area (Å²) in [6.45, 7) is 3.82. The summed E-state index contributed by atoms with van der Waals surface area (Å²) < 4.78 is 4.83. The number of rotatable bonds is 3. The average molecular weight is 400 g/mol. The van der Waals surface area contributed by atoms with E-state index >= 15 is 0 Å². The fourth-order valence-corrected chi connectivity index (χ4v) is 3.65. The van der Waals surface area contributed by atoms with E-state index in [0.717, 1.165) is 11.1 Å². The van der Waals surface area contributed by atoms with Gasteiger partial charge in [0.15, 0.2) is 11.6 Å². The van der Waals surface area contributed by atoms with Gasteiger partial charge in [0.1, 0.15) is 0 Å². The molecule has 0 saturated carbocycles. The van der Waals surface area contributed by atoms with Gasteiger partial charge in [0, 0.05) is 16.8 Å². The third-order valence-corrected chi connectivity index (χ3v) is 5.22. The Kier molecular flexibility index (Phi) is 4.62. The molecule has 0 atom stereocenters. The number of aryl methyl sites for hydroxylation is 2. The monoisotopic (exact) mass is 400 g/mol. The normalized spacial score (nSPS) is 12.2. The molecule has 150 valence electrons. The van der Waals surface area contributed by atoms with Crippen LogP contribution in [0, 0.1) is 13.8 Å². The van der Waals surface area contributed by atoms with Gasteiger partial charge in [-0.15, -0.1) is 0 Å². The topological polar surface area (TPSA) is 98.5 Å². The Morgan fingerprint density at radius 2 is 1.50 bits per heavy atom. The SMILES string of the molecule is COC(=O)c1cc(Nc2ccc(C)cc2)c2c(c1N)C(=O)c1ccc(C)cc1C2=O. The second kappa shape index (κ2) is 7.15. The van der Waals surface area contributed by atoms with E-state index in [9.17, 15) is 14.4 Å². The Bertz CT molecular complexity index is 1230. The minimum Gasteiger partial charge on any atom is -0.465 e. The van der Waals surface area contributed by atoms with Crippen LogP contribution in [0.15, 0.2) is 48.5 Å². The van der Waals surface area contributed by atoms with Crippen LogP contribution in [-0.2, 0) is 4.74 Å². The second-order valence-electron chi connectivity index (χ2n) is 7.33. The van der Waals surface area contributed by atoms with Gasteiger partial charge in [-0.1, -0.05) is 35.4 Å². The zero-order valence-corrected chi connectivity index (χ0v) is 16.8. The van der Waals surface area contributed by atoms with Gasteiger partial charge in [-0.25, -0.2) is 4.79 Å². The maximum absolute atomic E-state index is 13.4. The van der Waals surface area contributed by atoms with Crippen LogP contribution < -0.4 is 11.1 Å². The minimum atomic E-state index is -0.683. The standard InChI is InChI=1S/C24H20N2O4/c1-12-4-7-14(8-5-12)26-18-11-17(24(29)30-3)21(25)20-19(18)23(28)16-10-13(2)6-9-15(16)22(20)27/h4-11,26H,25H2,1-3H3. The summed E-state index contributed by atoms with van der Waals surface area (Å²) in [5, 5.41) is 3.17. The van der Waals surface area contributed by atoms with Crippen LogP contribution in [0.3, 0.4) is 0 Å². The molecule has 30 heavy (non-hydrogen) atoms. The van der Waals surface area contributed by atoms with E-state index < -0.39 is 11.8 Å². The third-order valence-electron chi connectivity index (χ3n) is 5.22. The van der Waals surface area contributed by atoms with Crippen LogP contribution in [0.1, 0.15) is 53.3 Å². The maximum atomic E-state index is 13.4. The van der Waals surface area contributed by atoms with E-state index in [1.807, 2.05) is 38.1 Å². The molecule has 0 amide bonds. The molecule has 0 bridgehead atoms. The van der Waals surface area contributed by atoms with E-state index in [-0.39, 0.29) is 33.7 Å². The molecule has 3 N–H and O–H groups in total. The van der Waals surface area contributed by atoms with Crippen molar-refractivity contribution in [2.45, 2.75) is 13.8 Å². The lowest BCUT2D eigenvalue weighted by Crippen LogP contribution is -2.25. The van der Waals surface area contributed by atoms with Crippen molar-refractivity contribution in [1.82, 2.24) is 0 Å². The number of nitrogen functional groups attached to an aromatic ring is 1. The lowest BCUT2D eigenvalue weighted by molar-refractivity contribution is 0.0601. The Labute approximate surface area is 173 Å². The molecule has 0 spiro atoms. The summed E-state index contributed by atoms with van der Waals surface area (Å²) in [7, 11) is 1.24. The molecular formula is C24H20N2O4. The first-order valence-electron chi connectivity index (χ1n) is 9.40. The van der Waals surface area contributed by atoms with Gasteiger partial charge in [0.2, 0.25) is 0 Å². The van der Waals surface area contributed by atoms with Gasteiger partial charge in [0.05, 0.1) is 35.2 Å². The van der Waals surface area contributed by atoms with Crippen LogP contribution in [-0.4, -0.2) is 24.6 Å². The number of benzene rings is 3. The Hall–Kier alpha value is -3.93. The van der Waals surface area contributed by atoms with Crippen molar-refractivity contribution < 1.29 is 19.1 Å². The molecule has 3 aromatic carbocycles. The summed E-state index contributed by atoms with van der Waals surface area (Å²) in [6.07, 6.45) is 0. The molecular weight excluding hydrogens is 380 g/mol. The number of hydrogen-bond acceptors (Lipinski definition) is 6. The highest BCUT2D eigenvalue weighted by Gasteiger charge is 2.36. The summed E-state index contributed by atoms with van der Waals surface area (Å²) in [4.78, 5) is 39.0. The van der Waals surface area contributed by atoms with Crippen molar-refractivity contribution in [3.8, 4) is 0 Å². The molecule has 0 aliphatic heterocycles. The number of nitrogens with two attached hydrogens (primary N) is 1. The lowest BCUT2D eigenvalue weighted by Gasteiger charge is -2.24. The number of hydrogen-bond donors (Lipinski definition) is 2. The van der Waals surface area contributed by atoms with E-state index in [4.69, 9.17) is 10.5 Å². The number of nitrogens with one attached hydrogen (secondary N) is 1. The van der Waals surface area contributed by atoms with Crippen LogP contribution >= 0.6 is 0 Å². The van der Waals surface area contributed by atoms with Crippen molar-refractivity contribution in [1.29, 1.82) is 0 Å². The van der Waals surface area contributed by atoms with Crippen molar-refractivity contribution in [2.24, 2.45) is 0 Å². The molecule has 0 heterocycles. The molecule has 1 aliphatic rings. The molecule has 0 radical (unpaired) electrons. The highest BCUT2D eigenvalue weighted by atomic mass is 16.5. The second-order valence-corrected chi connectivity index (χ2v) is 7.33. The summed E-state index contributed by atoms with van der Waals surface area (Å²) >= 11 is 0. The summed E-state index contributed by atoms with van der Waals surface area (Å²) in [6, 6.07) is 14.1. The third kappa shape index (κ3) is 3.03. The van der Waals surface area contributed by atoms with E-state index in [1.165, 1.54) is 13.2 Å². The Balaban J connectivity index is 1.98. The fraction of sp³-hybridized carbons (Fsp3) is 0.125. The molecule has 0 saturated heterocycles. The van der Waals surface area contributed by atoms with Gasteiger partial charge in [-0.3, -0.25) is 9.59 Å². The van der Waals surface area contributed by atoms with Crippen molar-refractivity contribution in [3.05, 3.63) is 87.5 Å². The Morgan fingerprint density at radius 1 is 0.867 bits per heavy atom. The fourth-order valence-electron chi connectivity index (χ4n) is 3.65. The van der Waals surface area contributed by atoms with Crippen LogP contribution in [0.5, 0.6) is 0 Å². The first kappa shape index (κ1) is 19.4. The lowest BCUT2D eigenvalue weighted by atomic mass is 9.80. The van der Waals surface area contributed by atoms with Crippen LogP contribution in [0.25, 0.3) is 0 Å². The molecule has 1 aliphatic carbocycles. The first-order valence-corrected chi connectivity index (χ1v) is 9.40. The number of ether oxygens (including phenoxy) is 1. The zero-order valence-electron chi connectivity index (χ0n) is 16.8. The van der Waals surface area contributed by atoms with Crippen molar-refractivity contribution in [3.63, 3.8) is 0 Å². The summed E-state index contributed by atoms with van der Waals surface area (Å²) in [5.41, 5.74) is 9.92. The molecule has 6 nitrogen and oxygen atoms in total. The zero-order chi connectivity index (χ0) is 21.6. The average Bonchev–Trinajstić information content (AvgIpc) is 2.73. The van der Waals surface area contributed by atoms with Gasteiger partial charge >= 0.3 is 5.97 Å². The highest BCUT2D eigenvalue weighted by molar-refractivity contribution is 6.32. The minimum absolute atomic E-state index is 0.0221. The highest BCUT2D eigenvalue weighted by Crippen LogP contribution is 2.39. The largest absolute Gasteiger partial charge is 0.465 e. The number of anilines is 3. The molecule has 0 unspecified atom stereocenters. The van der Waals surface area contributed by atoms with Crippen LogP contribution in [0.4, 0.5) is 17.1 Å². The first-order chi connectivity index (χ1) is 14.3. The number of methoxy groups -OCH3 is 1. The van der Waals surface area contributed by atoms with Crippen LogP contribution in [0.2, 0.25) is 0 Å². The predicted molar refractivity (Wildman–Crippen MR) is 115 cm³/mol. The number of esters is 1. The molecule has 6 heteroatoms. The van der Waals surface area contributed by atoms with Crippen molar-refractivity contribution in [2.75, 3.05) is 18.2 Å². The van der Waals surface area contributed by atoms with Gasteiger partial charge in [-0.05, 0) is 38.1 Å². The molecule has 4 rings (SSSR count). The van der Waals surface area contributed by atoms with Gasteiger partial charge in [-0.2, -0.15) is 0 Å². The van der Waals surface area contributed by atoms with E-state index in [2.05, 4.69) is 5.32 Å². The predicted octanol–water partition coefficient (Wildman–Crippen LogP) is 4.19.